The number of aryl methyl sites for hydroxylation is 1. The quantitative estimate of drug-likeness (QED) is 0.798. The second kappa shape index (κ2) is 8.46. The second-order valence-corrected chi connectivity index (χ2v) is 6.35. The van der Waals surface area contributed by atoms with Gasteiger partial charge in [-0.1, -0.05) is 41.3 Å². The summed E-state index contributed by atoms with van der Waals surface area (Å²) in [5, 5.41) is 7.45. The van der Waals surface area contributed by atoms with Crippen molar-refractivity contribution in [2.45, 2.75) is 32.7 Å². The molecule has 130 valence electrons. The van der Waals surface area contributed by atoms with E-state index in [1.54, 1.807) is 18.2 Å². The molecule has 0 bridgehead atoms. The van der Waals surface area contributed by atoms with Crippen molar-refractivity contribution >= 4 is 34.8 Å². The summed E-state index contributed by atoms with van der Waals surface area (Å²) in [7, 11) is 1.81. The molecule has 0 spiro atoms. The number of benzene rings is 1. The molecule has 2 rings (SSSR count). The molecule has 6 nitrogen and oxygen atoms in total. The number of likely N-dealkylation sites (N-methyl/N-ethyl adjacent to an activating group) is 1. The first-order valence-electron chi connectivity index (χ1n) is 7.69. The Labute approximate surface area is 151 Å². The smallest absolute Gasteiger partial charge is 0.243 e. The van der Waals surface area contributed by atoms with Gasteiger partial charge in [0.05, 0.1) is 28.3 Å². The first-order chi connectivity index (χ1) is 11.4. The largest absolute Gasteiger partial charge is 0.338 e. The van der Waals surface area contributed by atoms with Crippen LogP contribution in [0.25, 0.3) is 0 Å². The van der Waals surface area contributed by atoms with Crippen LogP contribution in [0, 0.1) is 0 Å². The molecule has 0 fully saturated rings. The molecule has 8 heteroatoms. The number of anilines is 1. The Kier molecular flexibility index (Phi) is 6.60. The van der Waals surface area contributed by atoms with Gasteiger partial charge in [-0.3, -0.25) is 9.69 Å². The van der Waals surface area contributed by atoms with Crippen molar-refractivity contribution in [2.75, 3.05) is 18.9 Å². The van der Waals surface area contributed by atoms with Crippen molar-refractivity contribution in [2.24, 2.45) is 0 Å². The van der Waals surface area contributed by atoms with E-state index in [1.807, 2.05) is 18.9 Å². The van der Waals surface area contributed by atoms with Crippen LogP contribution in [0.2, 0.25) is 10.0 Å². The zero-order chi connectivity index (χ0) is 17.7. The van der Waals surface area contributed by atoms with Gasteiger partial charge >= 0.3 is 0 Å². The summed E-state index contributed by atoms with van der Waals surface area (Å²) >= 11 is 12.1. The van der Waals surface area contributed by atoms with Crippen LogP contribution in [0.3, 0.4) is 0 Å². The maximum absolute atomic E-state index is 12.2. The van der Waals surface area contributed by atoms with Gasteiger partial charge in [0, 0.05) is 6.42 Å². The van der Waals surface area contributed by atoms with E-state index in [9.17, 15) is 4.79 Å². The molecule has 2 aromatic rings. The SMILES string of the molecule is CCCc1noc(C(C)N(C)CC(=O)Nc2c(Cl)cccc2Cl)n1. The molecular formula is C16H20Cl2N4O2. The zero-order valence-electron chi connectivity index (χ0n) is 13.8. The van der Waals surface area contributed by atoms with Gasteiger partial charge < -0.3 is 9.84 Å². The number of nitrogens with one attached hydrogen (secondary N) is 1. The Morgan fingerprint density at radius 3 is 2.67 bits per heavy atom. The van der Waals surface area contributed by atoms with Gasteiger partial charge in [0.25, 0.3) is 0 Å². The highest BCUT2D eigenvalue weighted by molar-refractivity contribution is 6.39. The first-order valence-corrected chi connectivity index (χ1v) is 8.44. The van der Waals surface area contributed by atoms with Gasteiger partial charge in [-0.25, -0.2) is 0 Å². The third kappa shape index (κ3) is 4.69. The van der Waals surface area contributed by atoms with E-state index in [1.165, 1.54) is 0 Å². The molecule has 0 aliphatic rings. The van der Waals surface area contributed by atoms with Crippen LogP contribution in [0.4, 0.5) is 5.69 Å². The Morgan fingerprint density at radius 2 is 2.04 bits per heavy atom. The number of aromatic nitrogens is 2. The van der Waals surface area contributed by atoms with Gasteiger partial charge in [-0.15, -0.1) is 0 Å². The van der Waals surface area contributed by atoms with E-state index in [0.717, 1.165) is 12.8 Å². The van der Waals surface area contributed by atoms with E-state index in [-0.39, 0.29) is 18.5 Å². The lowest BCUT2D eigenvalue weighted by Crippen LogP contribution is -2.32. The summed E-state index contributed by atoms with van der Waals surface area (Å²) in [5.74, 6) is 0.942. The number of carbonyl (C=O) groups excluding carboxylic acids is 1. The highest BCUT2D eigenvalue weighted by atomic mass is 35.5. The molecule has 0 radical (unpaired) electrons. The predicted molar refractivity (Wildman–Crippen MR) is 94.4 cm³/mol. The Bertz CT molecular complexity index is 685. The molecule has 1 N–H and O–H groups in total. The molecule has 0 aliphatic heterocycles. The van der Waals surface area contributed by atoms with Crippen molar-refractivity contribution < 1.29 is 9.32 Å². The van der Waals surface area contributed by atoms with E-state index < -0.39 is 0 Å². The summed E-state index contributed by atoms with van der Waals surface area (Å²) in [5.41, 5.74) is 0.412. The van der Waals surface area contributed by atoms with Crippen molar-refractivity contribution in [3.05, 3.63) is 40.0 Å². The Hall–Kier alpha value is -1.63. The molecule has 0 aliphatic carbocycles. The molecule has 1 heterocycles. The lowest BCUT2D eigenvalue weighted by Gasteiger charge is -2.21. The molecule has 1 unspecified atom stereocenters. The predicted octanol–water partition coefficient (Wildman–Crippen LogP) is 3.96. The molecule has 0 saturated heterocycles. The Balaban J connectivity index is 1.97. The summed E-state index contributed by atoms with van der Waals surface area (Å²) in [6.07, 6.45) is 1.72. The monoisotopic (exact) mass is 370 g/mol. The van der Waals surface area contributed by atoms with E-state index in [4.69, 9.17) is 27.7 Å². The molecule has 1 aromatic carbocycles. The van der Waals surface area contributed by atoms with Crippen LogP contribution in [-0.2, 0) is 11.2 Å². The van der Waals surface area contributed by atoms with Gasteiger partial charge in [0.15, 0.2) is 5.82 Å². The summed E-state index contributed by atoms with van der Waals surface area (Å²) < 4.78 is 5.26. The summed E-state index contributed by atoms with van der Waals surface area (Å²) in [4.78, 5) is 18.4. The maximum atomic E-state index is 12.2. The molecule has 0 saturated carbocycles. The molecule has 1 aromatic heterocycles. The molecule has 24 heavy (non-hydrogen) atoms. The van der Waals surface area contributed by atoms with E-state index in [0.29, 0.717) is 27.4 Å². The topological polar surface area (TPSA) is 71.3 Å². The third-order valence-electron chi connectivity index (χ3n) is 3.60. The maximum Gasteiger partial charge on any atom is 0.243 e. The number of hydrogen-bond acceptors (Lipinski definition) is 5. The molecular weight excluding hydrogens is 351 g/mol. The number of amides is 1. The van der Waals surface area contributed by atoms with Crippen LogP contribution < -0.4 is 5.32 Å². The fraction of sp³-hybridized carbons (Fsp3) is 0.438. The van der Waals surface area contributed by atoms with Crippen molar-refractivity contribution in [1.82, 2.24) is 15.0 Å². The average molecular weight is 371 g/mol. The number of halogens is 2. The van der Waals surface area contributed by atoms with Gasteiger partial charge in [-0.05, 0) is 32.5 Å². The van der Waals surface area contributed by atoms with Gasteiger partial charge in [-0.2, -0.15) is 4.98 Å². The second-order valence-electron chi connectivity index (χ2n) is 5.53. The zero-order valence-corrected chi connectivity index (χ0v) is 15.4. The third-order valence-corrected chi connectivity index (χ3v) is 4.23. The molecule has 1 amide bonds. The van der Waals surface area contributed by atoms with Gasteiger partial charge in [0.2, 0.25) is 11.8 Å². The minimum Gasteiger partial charge on any atom is -0.338 e. The van der Waals surface area contributed by atoms with E-state index in [2.05, 4.69) is 22.4 Å². The fourth-order valence-corrected chi connectivity index (χ4v) is 2.60. The summed E-state index contributed by atoms with van der Waals surface area (Å²) in [6.45, 7) is 4.09. The number of para-hydroxylation sites is 1. The highest BCUT2D eigenvalue weighted by Gasteiger charge is 2.21. The van der Waals surface area contributed by atoms with Crippen molar-refractivity contribution in [3.63, 3.8) is 0 Å². The minimum absolute atomic E-state index is 0.133. The van der Waals surface area contributed by atoms with Crippen LogP contribution in [0.5, 0.6) is 0 Å². The first kappa shape index (κ1) is 18.7. The lowest BCUT2D eigenvalue weighted by atomic mass is 10.2. The number of hydrogen-bond donors (Lipinski definition) is 1. The minimum atomic E-state index is -0.229. The standard InChI is InChI=1S/C16H20Cl2N4O2/c1-4-6-13-19-16(24-21-13)10(2)22(3)9-14(23)20-15-11(17)7-5-8-12(15)18/h5,7-8,10H,4,6,9H2,1-3H3,(H,20,23). The molecule has 1 atom stereocenters. The van der Waals surface area contributed by atoms with Crippen LogP contribution in [0.15, 0.2) is 22.7 Å². The normalized spacial score (nSPS) is 12.4. The van der Waals surface area contributed by atoms with Crippen LogP contribution in [-0.4, -0.2) is 34.5 Å². The van der Waals surface area contributed by atoms with Crippen LogP contribution in [0.1, 0.15) is 38.0 Å². The van der Waals surface area contributed by atoms with Gasteiger partial charge in [0.1, 0.15) is 0 Å². The van der Waals surface area contributed by atoms with Crippen LogP contribution >= 0.6 is 23.2 Å². The number of nitrogens with zero attached hydrogens (tertiary/aromatic N) is 3. The Morgan fingerprint density at radius 1 is 1.38 bits per heavy atom. The van der Waals surface area contributed by atoms with E-state index >= 15 is 0 Å². The number of rotatable bonds is 7. The number of carbonyl (C=O) groups is 1. The highest BCUT2D eigenvalue weighted by Crippen LogP contribution is 2.29. The average Bonchev–Trinajstić information content (AvgIpc) is 2.99. The summed E-state index contributed by atoms with van der Waals surface area (Å²) in [6, 6.07) is 4.88. The van der Waals surface area contributed by atoms with Crippen molar-refractivity contribution in [1.29, 1.82) is 0 Å². The van der Waals surface area contributed by atoms with Crippen molar-refractivity contribution in [3.8, 4) is 0 Å². The fourth-order valence-electron chi connectivity index (χ4n) is 2.11. The lowest BCUT2D eigenvalue weighted by molar-refractivity contribution is -0.117.